The van der Waals surface area contributed by atoms with E-state index in [0.717, 1.165) is 0 Å². The van der Waals surface area contributed by atoms with Gasteiger partial charge in [0.1, 0.15) is 0 Å². The molecule has 0 saturated carbocycles. The molecule has 0 aromatic heterocycles. The largest absolute Gasteiger partial charge is 0.392 e. The van der Waals surface area contributed by atoms with E-state index in [1.165, 1.54) is 8.61 Å². The molecular formula is C9H21N3O2S2. The van der Waals surface area contributed by atoms with Crippen LogP contribution in [0.2, 0.25) is 0 Å². The van der Waals surface area contributed by atoms with Gasteiger partial charge in [-0.25, -0.2) is 0 Å². The fourth-order valence-electron chi connectivity index (χ4n) is 1.38. The smallest absolute Gasteiger partial charge is 0.282 e. The normalized spacial score (nSPS) is 12.7. The quantitative estimate of drug-likeness (QED) is 0.685. The highest BCUT2D eigenvalue weighted by molar-refractivity contribution is 7.87. The molecule has 0 spiro atoms. The second-order valence-corrected chi connectivity index (χ2v) is 6.10. The molecule has 0 fully saturated rings. The Morgan fingerprint density at radius 2 is 1.75 bits per heavy atom. The highest BCUT2D eigenvalue weighted by Crippen LogP contribution is 2.11. The van der Waals surface area contributed by atoms with Gasteiger partial charge in [-0.2, -0.15) is 17.0 Å². The lowest BCUT2D eigenvalue weighted by Crippen LogP contribution is -2.49. The van der Waals surface area contributed by atoms with E-state index in [2.05, 4.69) is 0 Å². The van der Waals surface area contributed by atoms with Gasteiger partial charge in [0.2, 0.25) is 0 Å². The van der Waals surface area contributed by atoms with E-state index in [1.54, 1.807) is 27.7 Å². The number of nitrogens with zero attached hydrogens (tertiary/aromatic N) is 2. The molecule has 16 heavy (non-hydrogen) atoms. The van der Waals surface area contributed by atoms with E-state index in [1.807, 2.05) is 0 Å². The summed E-state index contributed by atoms with van der Waals surface area (Å²) in [5.41, 5.74) is 5.42. The number of nitrogens with two attached hydrogens (primary N) is 1. The third-order valence-electron chi connectivity index (χ3n) is 2.22. The van der Waals surface area contributed by atoms with Crippen LogP contribution in [0.3, 0.4) is 0 Å². The van der Waals surface area contributed by atoms with Crippen LogP contribution in [-0.2, 0) is 10.2 Å². The van der Waals surface area contributed by atoms with E-state index in [-0.39, 0.29) is 17.6 Å². The van der Waals surface area contributed by atoms with Crippen molar-refractivity contribution < 1.29 is 8.42 Å². The van der Waals surface area contributed by atoms with Gasteiger partial charge in [0.05, 0.1) is 11.5 Å². The molecular weight excluding hydrogens is 246 g/mol. The van der Waals surface area contributed by atoms with Gasteiger partial charge in [0.15, 0.2) is 0 Å². The topological polar surface area (TPSA) is 66.6 Å². The SMILES string of the molecule is CCN(CC)S(=O)(=O)N(CC(N)=S)C(C)C. The first-order valence-electron chi connectivity index (χ1n) is 5.32. The lowest BCUT2D eigenvalue weighted by Gasteiger charge is -2.30. The van der Waals surface area contributed by atoms with Gasteiger partial charge < -0.3 is 5.73 Å². The van der Waals surface area contributed by atoms with Crippen LogP contribution in [0, 0.1) is 0 Å². The Hall–Kier alpha value is -0.240. The summed E-state index contributed by atoms with van der Waals surface area (Å²) < 4.78 is 27.1. The standard InChI is InChI=1S/C9H21N3O2S2/c1-5-11(6-2)16(13,14)12(8(3)4)7-9(10)15/h8H,5-7H2,1-4H3,(H2,10,15). The summed E-state index contributed by atoms with van der Waals surface area (Å²) in [6.07, 6.45) is 0. The van der Waals surface area contributed by atoms with E-state index in [9.17, 15) is 8.42 Å². The Bertz CT molecular complexity index is 324. The van der Waals surface area contributed by atoms with Crippen molar-refractivity contribution in [3.05, 3.63) is 0 Å². The zero-order valence-electron chi connectivity index (χ0n) is 10.3. The summed E-state index contributed by atoms with van der Waals surface area (Å²) in [6.45, 7) is 8.20. The molecule has 0 atom stereocenters. The summed E-state index contributed by atoms with van der Waals surface area (Å²) in [4.78, 5) is 0.185. The number of rotatable bonds is 7. The lowest BCUT2D eigenvalue weighted by molar-refractivity contribution is 0.335. The van der Waals surface area contributed by atoms with Crippen molar-refractivity contribution in [3.8, 4) is 0 Å². The van der Waals surface area contributed by atoms with Crippen LogP contribution in [-0.4, -0.2) is 47.7 Å². The summed E-state index contributed by atoms with van der Waals surface area (Å²) in [7, 11) is -3.46. The minimum Gasteiger partial charge on any atom is -0.392 e. The third-order valence-corrected chi connectivity index (χ3v) is 4.66. The maximum absolute atomic E-state index is 12.2. The van der Waals surface area contributed by atoms with E-state index in [4.69, 9.17) is 18.0 Å². The molecule has 0 amide bonds. The molecule has 0 unspecified atom stereocenters. The average molecular weight is 267 g/mol. The second kappa shape index (κ2) is 6.48. The molecule has 2 N–H and O–H groups in total. The zero-order chi connectivity index (χ0) is 12.9. The number of thiocarbonyl (C=S) groups is 1. The molecule has 0 bridgehead atoms. The average Bonchev–Trinajstić information content (AvgIpc) is 2.14. The van der Waals surface area contributed by atoms with Gasteiger partial charge in [-0.05, 0) is 13.8 Å². The van der Waals surface area contributed by atoms with Gasteiger partial charge >= 0.3 is 0 Å². The zero-order valence-corrected chi connectivity index (χ0v) is 11.9. The third kappa shape index (κ3) is 3.97. The van der Waals surface area contributed by atoms with Gasteiger partial charge in [0.25, 0.3) is 10.2 Å². The Balaban J connectivity index is 5.11. The maximum Gasteiger partial charge on any atom is 0.282 e. The minimum atomic E-state index is -3.46. The molecule has 0 saturated heterocycles. The second-order valence-electron chi connectivity index (χ2n) is 3.70. The van der Waals surface area contributed by atoms with E-state index in [0.29, 0.717) is 13.1 Å². The first kappa shape index (κ1) is 15.8. The van der Waals surface area contributed by atoms with Crippen LogP contribution in [0.1, 0.15) is 27.7 Å². The monoisotopic (exact) mass is 267 g/mol. The molecule has 0 aromatic rings. The van der Waals surface area contributed by atoms with Crippen molar-refractivity contribution in [2.24, 2.45) is 5.73 Å². The Morgan fingerprint density at radius 1 is 1.31 bits per heavy atom. The van der Waals surface area contributed by atoms with Crippen LogP contribution in [0.4, 0.5) is 0 Å². The van der Waals surface area contributed by atoms with Crippen molar-refractivity contribution >= 4 is 27.4 Å². The van der Waals surface area contributed by atoms with Gasteiger partial charge in [-0.1, -0.05) is 26.1 Å². The Morgan fingerprint density at radius 3 is 2.00 bits per heavy atom. The highest BCUT2D eigenvalue weighted by Gasteiger charge is 2.29. The van der Waals surface area contributed by atoms with Crippen molar-refractivity contribution in [1.82, 2.24) is 8.61 Å². The Labute approximate surface area is 104 Å². The summed E-state index contributed by atoms with van der Waals surface area (Å²) in [5, 5.41) is 0. The fraction of sp³-hybridized carbons (Fsp3) is 0.889. The molecule has 7 heteroatoms. The number of hydrogen-bond donors (Lipinski definition) is 1. The molecule has 96 valence electrons. The molecule has 0 rings (SSSR count). The van der Waals surface area contributed by atoms with Crippen molar-refractivity contribution in [3.63, 3.8) is 0 Å². The van der Waals surface area contributed by atoms with E-state index < -0.39 is 10.2 Å². The first-order chi connectivity index (χ1) is 7.27. The number of hydrogen-bond acceptors (Lipinski definition) is 3. The molecule has 0 aromatic carbocycles. The fourth-order valence-corrected chi connectivity index (χ4v) is 3.39. The predicted molar refractivity (Wildman–Crippen MR) is 70.5 cm³/mol. The van der Waals surface area contributed by atoms with E-state index >= 15 is 0 Å². The van der Waals surface area contributed by atoms with Gasteiger partial charge in [0, 0.05) is 19.1 Å². The molecule has 0 radical (unpaired) electrons. The van der Waals surface area contributed by atoms with Crippen LogP contribution < -0.4 is 5.73 Å². The van der Waals surface area contributed by atoms with Gasteiger partial charge in [-0.3, -0.25) is 0 Å². The summed E-state index contributed by atoms with van der Waals surface area (Å²) >= 11 is 4.77. The lowest BCUT2D eigenvalue weighted by atomic mass is 10.4. The van der Waals surface area contributed by atoms with Crippen LogP contribution in [0.5, 0.6) is 0 Å². The van der Waals surface area contributed by atoms with Crippen molar-refractivity contribution in [2.45, 2.75) is 33.7 Å². The summed E-state index contributed by atoms with van der Waals surface area (Å²) in [6, 6.07) is -0.160. The van der Waals surface area contributed by atoms with Crippen LogP contribution in [0.25, 0.3) is 0 Å². The van der Waals surface area contributed by atoms with Crippen molar-refractivity contribution in [2.75, 3.05) is 19.6 Å². The maximum atomic E-state index is 12.2. The molecule has 0 heterocycles. The molecule has 5 nitrogen and oxygen atoms in total. The molecule has 0 aliphatic carbocycles. The van der Waals surface area contributed by atoms with Crippen LogP contribution >= 0.6 is 12.2 Å². The predicted octanol–water partition coefficient (Wildman–Crippen LogP) is 0.570. The highest BCUT2D eigenvalue weighted by atomic mass is 32.2. The van der Waals surface area contributed by atoms with Crippen molar-refractivity contribution in [1.29, 1.82) is 0 Å². The molecule has 0 aliphatic rings. The minimum absolute atomic E-state index is 0.0891. The summed E-state index contributed by atoms with van der Waals surface area (Å²) in [5.74, 6) is 0. The van der Waals surface area contributed by atoms with Crippen LogP contribution in [0.15, 0.2) is 0 Å². The molecule has 0 aliphatic heterocycles. The Kier molecular flexibility index (Phi) is 6.39. The van der Waals surface area contributed by atoms with Gasteiger partial charge in [-0.15, -0.1) is 0 Å². The first-order valence-corrected chi connectivity index (χ1v) is 7.13.